The maximum absolute atomic E-state index is 12.9. The van der Waals surface area contributed by atoms with Gasteiger partial charge in [0.15, 0.2) is 5.78 Å². The van der Waals surface area contributed by atoms with Gasteiger partial charge in [0, 0.05) is 36.6 Å². The van der Waals surface area contributed by atoms with Crippen LogP contribution in [0.5, 0.6) is 11.5 Å². The van der Waals surface area contributed by atoms with Crippen molar-refractivity contribution in [1.82, 2.24) is 4.90 Å². The lowest BCUT2D eigenvalue weighted by molar-refractivity contribution is -0.114. The summed E-state index contributed by atoms with van der Waals surface area (Å²) in [6, 6.07) is 12.5. The molecule has 182 valence electrons. The molecule has 3 heterocycles. The summed E-state index contributed by atoms with van der Waals surface area (Å²) in [4.78, 5) is 15.4. The van der Waals surface area contributed by atoms with Crippen molar-refractivity contribution in [3.63, 3.8) is 0 Å². The summed E-state index contributed by atoms with van der Waals surface area (Å²) in [6.45, 7) is 5.25. The Morgan fingerprint density at radius 2 is 1.89 bits per heavy atom. The fraction of sp³-hybridized carbons (Fsp3) is 0.433. The number of likely N-dealkylation sites (tertiary alicyclic amines) is 1. The van der Waals surface area contributed by atoms with E-state index in [2.05, 4.69) is 35.2 Å². The van der Waals surface area contributed by atoms with Gasteiger partial charge in [0.05, 0.1) is 19.3 Å². The van der Waals surface area contributed by atoms with Crippen molar-refractivity contribution < 1.29 is 19.0 Å². The van der Waals surface area contributed by atoms with Gasteiger partial charge in [-0.3, -0.25) is 9.69 Å². The van der Waals surface area contributed by atoms with Crippen LogP contribution in [-0.4, -0.2) is 50.1 Å². The third-order valence-electron chi connectivity index (χ3n) is 7.63. The predicted octanol–water partition coefficient (Wildman–Crippen LogP) is 3.48. The number of nitrogens with zero attached hydrogens (tertiary/aromatic N) is 1. The number of rotatable bonds is 5. The molecule has 2 saturated heterocycles. The van der Waals surface area contributed by atoms with Crippen molar-refractivity contribution in [2.24, 2.45) is 0 Å². The number of benzene rings is 2. The standard InChI is InChI=1S/C30H33NO4/c32-24-17-23-18-29(21-6-9-25(10-7-21)33-16-14-31-12-2-1-3-13-31)35-20-28(23)26-11-8-22-5-4-15-34-30(22)27(26)19-24/h5-11,17,29H,1-4,12-16,18-20H2/t29-/m0/s1. The average molecular weight is 472 g/mol. The highest BCUT2D eigenvalue weighted by molar-refractivity contribution is 5.96. The smallest absolute Gasteiger partial charge is 0.160 e. The largest absolute Gasteiger partial charge is 0.492 e. The minimum absolute atomic E-state index is 0.0658. The average Bonchev–Trinajstić information content (AvgIpc) is 3.04. The molecule has 0 saturated carbocycles. The Bertz CT molecular complexity index is 1250. The Morgan fingerprint density at radius 1 is 1.03 bits per heavy atom. The molecule has 0 amide bonds. The Hall–Kier alpha value is -2.89. The summed E-state index contributed by atoms with van der Waals surface area (Å²) in [6.07, 6.45) is 9.91. The topological polar surface area (TPSA) is 48.0 Å². The maximum Gasteiger partial charge on any atom is 0.160 e. The maximum atomic E-state index is 12.9. The fourth-order valence-electron chi connectivity index (χ4n) is 5.75. The molecule has 5 nitrogen and oxygen atoms in total. The van der Waals surface area contributed by atoms with Crippen molar-refractivity contribution in [3.05, 3.63) is 69.6 Å². The fourth-order valence-corrected chi connectivity index (χ4v) is 5.75. The van der Waals surface area contributed by atoms with E-state index in [0.29, 0.717) is 26.1 Å². The lowest BCUT2D eigenvalue weighted by Crippen LogP contribution is -2.33. The zero-order chi connectivity index (χ0) is 23.6. The van der Waals surface area contributed by atoms with Crippen LogP contribution in [0.3, 0.4) is 0 Å². The first-order chi connectivity index (χ1) is 17.2. The van der Waals surface area contributed by atoms with Crippen molar-refractivity contribution in [2.75, 3.05) is 39.5 Å². The Kier molecular flexibility index (Phi) is 6.45. The summed E-state index contributed by atoms with van der Waals surface area (Å²) in [7, 11) is 0. The molecule has 35 heavy (non-hydrogen) atoms. The number of hydrogen-bond acceptors (Lipinski definition) is 5. The van der Waals surface area contributed by atoms with Gasteiger partial charge in [0.1, 0.15) is 18.1 Å². The van der Waals surface area contributed by atoms with E-state index >= 15 is 0 Å². The van der Waals surface area contributed by atoms with Crippen LogP contribution in [0.2, 0.25) is 0 Å². The van der Waals surface area contributed by atoms with Crippen LogP contribution in [0.25, 0.3) is 11.6 Å². The SMILES string of the molecule is O=C1C=C2C[C@@H](c3ccc(OCCN4CCCCC4)cc3)OCC2=c2ccc3c(c2C1)OCCC=3. The first-order valence-electron chi connectivity index (χ1n) is 13.0. The second kappa shape index (κ2) is 10.00. The highest BCUT2D eigenvalue weighted by Gasteiger charge is 2.28. The minimum Gasteiger partial charge on any atom is -0.492 e. The van der Waals surface area contributed by atoms with Gasteiger partial charge in [0.25, 0.3) is 0 Å². The monoisotopic (exact) mass is 471 g/mol. The summed E-state index contributed by atoms with van der Waals surface area (Å²) in [5.41, 5.74) is 4.34. The molecular weight excluding hydrogens is 438 g/mol. The lowest BCUT2D eigenvalue weighted by atomic mass is 9.91. The number of allylic oxidation sites excluding steroid dienone is 1. The van der Waals surface area contributed by atoms with E-state index in [1.54, 1.807) is 0 Å². The van der Waals surface area contributed by atoms with Crippen LogP contribution >= 0.6 is 0 Å². The normalized spacial score (nSPS) is 22.1. The molecule has 0 N–H and O–H groups in total. The lowest BCUT2D eigenvalue weighted by Gasteiger charge is -2.28. The number of carbonyl (C=O) groups excluding carboxylic acids is 1. The number of hydrogen-bond donors (Lipinski definition) is 0. The van der Waals surface area contributed by atoms with E-state index in [0.717, 1.165) is 63.8 Å². The molecule has 1 atom stereocenters. The number of fused-ring (bicyclic) bond motifs is 4. The van der Waals surface area contributed by atoms with Gasteiger partial charge in [-0.2, -0.15) is 0 Å². The third kappa shape index (κ3) is 4.80. The van der Waals surface area contributed by atoms with Gasteiger partial charge >= 0.3 is 0 Å². The minimum atomic E-state index is -0.0658. The summed E-state index contributed by atoms with van der Waals surface area (Å²) in [5.74, 6) is 1.91. The van der Waals surface area contributed by atoms with Crippen LogP contribution < -0.4 is 19.9 Å². The zero-order valence-electron chi connectivity index (χ0n) is 20.3. The van der Waals surface area contributed by atoms with Crippen molar-refractivity contribution in [2.45, 2.75) is 44.6 Å². The van der Waals surface area contributed by atoms with Gasteiger partial charge < -0.3 is 14.2 Å². The summed E-state index contributed by atoms with van der Waals surface area (Å²) in [5, 5.41) is 2.20. The van der Waals surface area contributed by atoms with Crippen LogP contribution in [0.4, 0.5) is 0 Å². The molecule has 3 aliphatic heterocycles. The van der Waals surface area contributed by atoms with Crippen molar-refractivity contribution >= 4 is 17.4 Å². The van der Waals surface area contributed by atoms with Gasteiger partial charge in [-0.15, -0.1) is 0 Å². The molecule has 0 bridgehead atoms. The number of piperidine rings is 1. The molecule has 0 aromatic heterocycles. The second-order valence-corrected chi connectivity index (χ2v) is 9.97. The van der Waals surface area contributed by atoms with Crippen molar-refractivity contribution in [3.8, 4) is 11.5 Å². The van der Waals surface area contributed by atoms with Crippen LogP contribution in [0, 0.1) is 0 Å². The molecule has 5 heteroatoms. The molecule has 4 aliphatic rings. The number of ether oxygens (including phenoxy) is 3. The summed E-state index contributed by atoms with van der Waals surface area (Å²) < 4.78 is 18.3. The quantitative estimate of drug-likeness (QED) is 0.668. The third-order valence-corrected chi connectivity index (χ3v) is 7.63. The molecule has 1 aliphatic carbocycles. The Balaban J connectivity index is 1.17. The highest BCUT2D eigenvalue weighted by Crippen LogP contribution is 2.36. The molecular formula is C30H33NO4. The molecule has 2 fully saturated rings. The predicted molar refractivity (Wildman–Crippen MR) is 136 cm³/mol. The number of ketones is 1. The van der Waals surface area contributed by atoms with Crippen molar-refractivity contribution in [1.29, 1.82) is 0 Å². The molecule has 0 spiro atoms. The van der Waals surface area contributed by atoms with Gasteiger partial charge in [-0.05, 0) is 66.1 Å². The number of carbonyl (C=O) groups is 1. The van der Waals surface area contributed by atoms with Gasteiger partial charge in [0.2, 0.25) is 0 Å². The molecule has 0 unspecified atom stereocenters. The second-order valence-electron chi connectivity index (χ2n) is 9.97. The van der Waals surface area contributed by atoms with Crippen LogP contribution in [0.1, 0.15) is 49.3 Å². The Labute approximate surface area is 206 Å². The first kappa shape index (κ1) is 22.6. The van der Waals surface area contributed by atoms with E-state index in [4.69, 9.17) is 14.2 Å². The van der Waals surface area contributed by atoms with E-state index in [1.807, 2.05) is 18.2 Å². The van der Waals surface area contributed by atoms with E-state index in [9.17, 15) is 4.79 Å². The van der Waals surface area contributed by atoms with E-state index < -0.39 is 0 Å². The van der Waals surface area contributed by atoms with E-state index in [1.165, 1.54) is 32.4 Å². The zero-order valence-corrected chi connectivity index (χ0v) is 20.3. The van der Waals surface area contributed by atoms with Crippen LogP contribution in [-0.2, 0) is 16.0 Å². The van der Waals surface area contributed by atoms with Gasteiger partial charge in [-0.1, -0.05) is 36.8 Å². The van der Waals surface area contributed by atoms with Gasteiger partial charge in [-0.25, -0.2) is 0 Å². The molecule has 2 aromatic rings. The highest BCUT2D eigenvalue weighted by atomic mass is 16.5. The molecule has 0 radical (unpaired) electrons. The summed E-state index contributed by atoms with van der Waals surface area (Å²) >= 11 is 0. The molecule has 6 rings (SSSR count). The first-order valence-corrected chi connectivity index (χ1v) is 13.0. The molecule has 2 aromatic carbocycles. The Morgan fingerprint density at radius 3 is 2.74 bits per heavy atom. The van der Waals surface area contributed by atoms with Crippen LogP contribution in [0.15, 0.2) is 48.0 Å². The van der Waals surface area contributed by atoms with E-state index in [-0.39, 0.29) is 11.9 Å².